The summed E-state index contributed by atoms with van der Waals surface area (Å²) in [6, 6.07) is 5.33. The lowest BCUT2D eigenvalue weighted by molar-refractivity contribution is -0.149. The minimum absolute atomic E-state index is 0.0155. The van der Waals surface area contributed by atoms with Crippen LogP contribution in [0.3, 0.4) is 0 Å². The van der Waals surface area contributed by atoms with Crippen LogP contribution in [-0.2, 0) is 23.4 Å². The van der Waals surface area contributed by atoms with Crippen molar-refractivity contribution in [3.8, 4) is 5.75 Å². The fourth-order valence-corrected chi connectivity index (χ4v) is 5.93. The number of H-pyrrole nitrogens is 1. The van der Waals surface area contributed by atoms with Gasteiger partial charge in [0.25, 0.3) is 5.56 Å². The number of aromatic nitrogens is 2. The molecule has 1 aliphatic heterocycles. The van der Waals surface area contributed by atoms with E-state index in [1.54, 1.807) is 19.9 Å². The highest BCUT2D eigenvalue weighted by atomic mass is 31.2. The normalized spacial score (nSPS) is 24.2. The number of rotatable bonds is 12. The van der Waals surface area contributed by atoms with E-state index in [1.807, 2.05) is 32.9 Å². The molecule has 0 saturated carbocycles. The standard InChI is InChI=1S/C26H37N6O9P/c1-14(2)18-9-8-16(5)12-19(18)41-42(37,29-17(6)23(35)39-15(3)4)38-13-20-22(34)26(7,30-31-27)24(40-20)32-11-10-21(33)28-25(32)36/h8-12,14-15,17,20,22,24,34H,13H2,1-7H3,(H,29,37)(H,28,33,36)/t17-,20+,22+,24+,26+,42?/m0/s1. The molecule has 0 aliphatic carbocycles. The minimum atomic E-state index is -4.39. The number of aryl methyl sites for hydroxylation is 1. The Morgan fingerprint density at radius 1 is 1.29 bits per heavy atom. The smallest absolute Gasteiger partial charge is 0.459 e. The summed E-state index contributed by atoms with van der Waals surface area (Å²) in [5, 5.41) is 17.4. The molecule has 2 aromatic rings. The highest BCUT2D eigenvalue weighted by molar-refractivity contribution is 7.52. The summed E-state index contributed by atoms with van der Waals surface area (Å²) in [4.78, 5) is 41.5. The second-order valence-corrected chi connectivity index (χ2v) is 12.5. The maximum Gasteiger partial charge on any atom is 0.459 e. The van der Waals surface area contributed by atoms with Gasteiger partial charge in [-0.2, -0.15) is 5.09 Å². The molecule has 1 fully saturated rings. The Balaban J connectivity index is 1.95. The van der Waals surface area contributed by atoms with E-state index in [9.17, 15) is 29.6 Å². The Bertz CT molecular complexity index is 1500. The molecule has 1 aromatic carbocycles. The number of nitrogens with zero attached hydrogens (tertiary/aromatic N) is 4. The van der Waals surface area contributed by atoms with Gasteiger partial charge in [0.05, 0.1) is 18.8 Å². The quantitative estimate of drug-likeness (QED) is 0.105. The van der Waals surface area contributed by atoms with Crippen LogP contribution in [0.25, 0.3) is 10.4 Å². The van der Waals surface area contributed by atoms with Crippen LogP contribution < -0.4 is 20.9 Å². The molecule has 2 heterocycles. The molecule has 1 saturated heterocycles. The zero-order chi connectivity index (χ0) is 31.4. The fraction of sp³-hybridized carbons (Fsp3) is 0.577. The zero-order valence-corrected chi connectivity index (χ0v) is 25.4. The van der Waals surface area contributed by atoms with Crippen LogP contribution in [0.1, 0.15) is 64.8 Å². The molecule has 42 heavy (non-hydrogen) atoms. The number of nitrogens with one attached hydrogen (secondary N) is 2. The van der Waals surface area contributed by atoms with Crippen molar-refractivity contribution >= 4 is 13.7 Å². The first kappa shape index (κ1) is 33.1. The fourth-order valence-electron chi connectivity index (χ4n) is 4.41. The van der Waals surface area contributed by atoms with E-state index >= 15 is 0 Å². The van der Waals surface area contributed by atoms with E-state index in [0.717, 1.165) is 28.0 Å². The van der Waals surface area contributed by atoms with Gasteiger partial charge in [0, 0.05) is 17.2 Å². The summed E-state index contributed by atoms with van der Waals surface area (Å²) in [6.07, 6.45) is -3.50. The number of hydrogen-bond acceptors (Lipinski definition) is 10. The number of benzene rings is 1. The van der Waals surface area contributed by atoms with Crippen LogP contribution in [0, 0.1) is 6.92 Å². The second kappa shape index (κ2) is 13.2. The number of carbonyl (C=O) groups excluding carboxylic acids is 1. The predicted octanol–water partition coefficient (Wildman–Crippen LogP) is 3.43. The predicted molar refractivity (Wildman–Crippen MR) is 152 cm³/mol. The van der Waals surface area contributed by atoms with Crippen molar-refractivity contribution in [3.63, 3.8) is 0 Å². The lowest BCUT2D eigenvalue weighted by Crippen LogP contribution is -2.45. The molecule has 15 nitrogen and oxygen atoms in total. The number of ether oxygens (including phenoxy) is 2. The summed E-state index contributed by atoms with van der Waals surface area (Å²) in [6.45, 7) is 11.2. The molecule has 3 rings (SSSR count). The summed E-state index contributed by atoms with van der Waals surface area (Å²) in [7, 11) is -4.39. The van der Waals surface area contributed by atoms with E-state index in [2.05, 4.69) is 20.1 Å². The Hall–Kier alpha value is -3.45. The van der Waals surface area contributed by atoms with Gasteiger partial charge in [0.1, 0.15) is 23.4 Å². The third kappa shape index (κ3) is 7.49. The molecule has 0 spiro atoms. The number of carbonyl (C=O) groups is 1. The van der Waals surface area contributed by atoms with Crippen LogP contribution in [0.15, 0.2) is 45.2 Å². The molecular formula is C26H37N6O9P. The Morgan fingerprint density at radius 2 is 1.98 bits per heavy atom. The van der Waals surface area contributed by atoms with Crippen LogP contribution in [0.5, 0.6) is 5.75 Å². The first-order valence-corrected chi connectivity index (χ1v) is 14.9. The monoisotopic (exact) mass is 608 g/mol. The summed E-state index contributed by atoms with van der Waals surface area (Å²) in [5.74, 6) is -0.454. The van der Waals surface area contributed by atoms with Crippen LogP contribution >= 0.6 is 7.75 Å². The Morgan fingerprint density at radius 3 is 2.57 bits per heavy atom. The van der Waals surface area contributed by atoms with E-state index < -0.39 is 67.7 Å². The Kier molecular flexibility index (Phi) is 10.4. The van der Waals surface area contributed by atoms with Gasteiger partial charge in [0.15, 0.2) is 6.23 Å². The van der Waals surface area contributed by atoms with Crippen molar-refractivity contribution < 1.29 is 33.0 Å². The molecule has 1 unspecified atom stereocenters. The van der Waals surface area contributed by atoms with Crippen molar-refractivity contribution in [2.24, 2.45) is 5.11 Å². The van der Waals surface area contributed by atoms with Gasteiger partial charge < -0.3 is 19.1 Å². The van der Waals surface area contributed by atoms with Crippen molar-refractivity contribution in [1.82, 2.24) is 14.6 Å². The van der Waals surface area contributed by atoms with Crippen molar-refractivity contribution in [3.05, 3.63) is 72.9 Å². The maximum absolute atomic E-state index is 14.2. The van der Waals surface area contributed by atoms with Gasteiger partial charge in [-0.25, -0.2) is 9.36 Å². The number of aliphatic hydroxyl groups is 1. The molecule has 0 amide bonds. The highest BCUT2D eigenvalue weighted by Crippen LogP contribution is 2.49. The molecule has 6 atom stereocenters. The lowest BCUT2D eigenvalue weighted by Gasteiger charge is -2.28. The van der Waals surface area contributed by atoms with E-state index in [0.29, 0.717) is 0 Å². The van der Waals surface area contributed by atoms with Gasteiger partial charge in [0.2, 0.25) is 0 Å². The third-order valence-electron chi connectivity index (χ3n) is 6.59. The lowest BCUT2D eigenvalue weighted by atomic mass is 9.93. The topological polar surface area (TPSA) is 207 Å². The minimum Gasteiger partial charge on any atom is -0.462 e. The van der Waals surface area contributed by atoms with Crippen LogP contribution in [0.2, 0.25) is 0 Å². The van der Waals surface area contributed by atoms with E-state index in [-0.39, 0.29) is 11.7 Å². The van der Waals surface area contributed by atoms with Crippen LogP contribution in [-0.4, -0.2) is 57.1 Å². The molecular weight excluding hydrogens is 571 g/mol. The number of hydrogen-bond donors (Lipinski definition) is 3. The average molecular weight is 609 g/mol. The molecule has 0 bridgehead atoms. The molecule has 230 valence electrons. The molecule has 1 aliphatic rings. The first-order valence-electron chi connectivity index (χ1n) is 13.3. The average Bonchev–Trinajstić information content (AvgIpc) is 3.12. The molecule has 3 N–H and O–H groups in total. The largest absolute Gasteiger partial charge is 0.462 e. The van der Waals surface area contributed by atoms with Crippen molar-refractivity contribution in [1.29, 1.82) is 0 Å². The highest BCUT2D eigenvalue weighted by Gasteiger charge is 2.55. The number of esters is 1. The van der Waals surface area contributed by atoms with Crippen LogP contribution in [0.4, 0.5) is 0 Å². The summed E-state index contributed by atoms with van der Waals surface area (Å²) >= 11 is 0. The zero-order valence-electron chi connectivity index (χ0n) is 24.5. The first-order chi connectivity index (χ1) is 19.6. The third-order valence-corrected chi connectivity index (χ3v) is 8.22. The summed E-state index contributed by atoms with van der Waals surface area (Å²) < 4.78 is 37.9. The summed E-state index contributed by atoms with van der Waals surface area (Å²) in [5.41, 5.74) is 7.49. The number of aromatic amines is 1. The SMILES string of the molecule is Cc1ccc(C(C)C)c(OP(=O)(N[C@@H](C)C(=O)OC(C)C)OC[C@H]2O[C@@H](n3ccc(=O)[nH]c3=O)[C@](C)(N=[N+]=[N-])[C@@H]2O)c1. The Labute approximate surface area is 242 Å². The molecule has 1 aromatic heterocycles. The number of azide groups is 1. The van der Waals surface area contributed by atoms with Gasteiger partial charge in [-0.15, -0.1) is 0 Å². The van der Waals surface area contributed by atoms with E-state index in [4.69, 9.17) is 18.5 Å². The molecule has 0 radical (unpaired) electrons. The maximum atomic E-state index is 14.2. The molecule has 16 heteroatoms. The van der Waals surface area contributed by atoms with Crippen molar-refractivity contribution in [2.45, 2.75) is 90.5 Å². The van der Waals surface area contributed by atoms with Gasteiger partial charge in [-0.3, -0.25) is 23.7 Å². The number of aliphatic hydroxyl groups excluding tert-OH is 1. The van der Waals surface area contributed by atoms with Gasteiger partial charge in [-0.05, 0) is 63.3 Å². The van der Waals surface area contributed by atoms with Crippen molar-refractivity contribution in [2.75, 3.05) is 6.61 Å². The van der Waals surface area contributed by atoms with Gasteiger partial charge in [-0.1, -0.05) is 31.1 Å². The second-order valence-electron chi connectivity index (χ2n) is 10.8. The van der Waals surface area contributed by atoms with Gasteiger partial charge >= 0.3 is 19.4 Å². The van der Waals surface area contributed by atoms with E-state index in [1.165, 1.54) is 13.8 Å².